The maximum absolute atomic E-state index is 12.9. The third-order valence-corrected chi connectivity index (χ3v) is 7.87. The summed E-state index contributed by atoms with van der Waals surface area (Å²) in [6, 6.07) is 16.1. The Bertz CT molecular complexity index is 1270. The second kappa shape index (κ2) is 11.3. The largest absolute Gasteiger partial charge is 0.486 e. The molecule has 0 saturated carbocycles. The summed E-state index contributed by atoms with van der Waals surface area (Å²) >= 11 is 1.44. The average molecular weight is 517 g/mol. The van der Waals surface area contributed by atoms with Crippen molar-refractivity contribution in [1.82, 2.24) is 19.7 Å². The molecular formula is C29H32N4O3S. The van der Waals surface area contributed by atoms with Gasteiger partial charge in [0.2, 0.25) is 5.91 Å². The highest BCUT2D eigenvalue weighted by molar-refractivity contribution is 7.09. The first-order chi connectivity index (χ1) is 18.0. The lowest BCUT2D eigenvalue weighted by Crippen LogP contribution is -2.48. The van der Waals surface area contributed by atoms with Gasteiger partial charge in [-0.1, -0.05) is 42.5 Å². The molecule has 2 aromatic carbocycles. The molecule has 192 valence electrons. The number of fused-ring (bicyclic) bond motifs is 1. The molecule has 7 nitrogen and oxygen atoms in total. The molecule has 1 atom stereocenters. The van der Waals surface area contributed by atoms with Crippen LogP contribution in [0.4, 0.5) is 0 Å². The van der Waals surface area contributed by atoms with Crippen LogP contribution in [0.5, 0.6) is 5.75 Å². The highest BCUT2D eigenvalue weighted by Gasteiger charge is 2.31. The number of thiazole rings is 1. The van der Waals surface area contributed by atoms with Crippen LogP contribution in [-0.2, 0) is 17.8 Å². The Hall–Kier alpha value is -3.49. The highest BCUT2D eigenvalue weighted by Crippen LogP contribution is 2.37. The first-order valence-corrected chi connectivity index (χ1v) is 13.6. The Morgan fingerprint density at radius 3 is 2.62 bits per heavy atom. The molecule has 1 aromatic heterocycles. The third-order valence-electron chi connectivity index (χ3n) is 7.05. The van der Waals surface area contributed by atoms with Gasteiger partial charge in [0.05, 0.1) is 6.04 Å². The number of nitrogens with zero attached hydrogens (tertiary/aromatic N) is 4. The van der Waals surface area contributed by atoms with Crippen LogP contribution in [0.25, 0.3) is 0 Å². The van der Waals surface area contributed by atoms with Gasteiger partial charge in [0.15, 0.2) is 0 Å². The molecular weight excluding hydrogens is 484 g/mol. The number of amides is 2. The van der Waals surface area contributed by atoms with Crippen LogP contribution in [0.15, 0.2) is 66.6 Å². The zero-order chi connectivity index (χ0) is 25.8. The van der Waals surface area contributed by atoms with Gasteiger partial charge in [-0.15, -0.1) is 17.9 Å². The maximum Gasteiger partial charge on any atom is 0.273 e. The van der Waals surface area contributed by atoms with E-state index in [2.05, 4.69) is 34.7 Å². The summed E-state index contributed by atoms with van der Waals surface area (Å²) in [5.41, 5.74) is 3.89. The fourth-order valence-corrected chi connectivity index (χ4v) is 5.79. The van der Waals surface area contributed by atoms with Crippen LogP contribution in [0.3, 0.4) is 0 Å². The predicted molar refractivity (Wildman–Crippen MR) is 145 cm³/mol. The van der Waals surface area contributed by atoms with Crippen molar-refractivity contribution in [2.24, 2.45) is 0 Å². The lowest BCUT2D eigenvalue weighted by molar-refractivity contribution is -0.130. The van der Waals surface area contributed by atoms with Crippen molar-refractivity contribution < 1.29 is 14.3 Å². The zero-order valence-electron chi connectivity index (χ0n) is 21.1. The number of rotatable bonds is 7. The average Bonchev–Trinajstić information content (AvgIpc) is 3.41. The van der Waals surface area contributed by atoms with Crippen LogP contribution in [-0.4, -0.2) is 70.8 Å². The Morgan fingerprint density at radius 2 is 1.89 bits per heavy atom. The van der Waals surface area contributed by atoms with Crippen molar-refractivity contribution in [2.45, 2.75) is 26.0 Å². The number of aromatic nitrogens is 1. The topological polar surface area (TPSA) is 66.0 Å². The van der Waals surface area contributed by atoms with Crippen LogP contribution in [0.2, 0.25) is 0 Å². The smallest absolute Gasteiger partial charge is 0.273 e. The fraction of sp³-hybridized carbons (Fsp3) is 0.345. The lowest BCUT2D eigenvalue weighted by Gasteiger charge is -2.37. The minimum atomic E-state index is -0.137. The van der Waals surface area contributed by atoms with Crippen molar-refractivity contribution in [3.8, 4) is 5.75 Å². The van der Waals surface area contributed by atoms with E-state index >= 15 is 0 Å². The van der Waals surface area contributed by atoms with E-state index in [1.54, 1.807) is 6.92 Å². The van der Waals surface area contributed by atoms with Gasteiger partial charge in [0.25, 0.3) is 5.91 Å². The lowest BCUT2D eigenvalue weighted by atomic mass is 9.88. The van der Waals surface area contributed by atoms with E-state index in [1.165, 1.54) is 16.9 Å². The van der Waals surface area contributed by atoms with Gasteiger partial charge in [-0.25, -0.2) is 4.98 Å². The molecule has 2 aliphatic heterocycles. The monoisotopic (exact) mass is 516 g/mol. The van der Waals surface area contributed by atoms with Gasteiger partial charge in [-0.05, 0) is 35.2 Å². The second-order valence-corrected chi connectivity index (χ2v) is 10.4. The van der Waals surface area contributed by atoms with E-state index < -0.39 is 0 Å². The van der Waals surface area contributed by atoms with Gasteiger partial charge < -0.3 is 14.5 Å². The minimum absolute atomic E-state index is 0.0236. The van der Waals surface area contributed by atoms with Gasteiger partial charge in [-0.2, -0.15) is 0 Å². The molecule has 1 saturated heterocycles. The summed E-state index contributed by atoms with van der Waals surface area (Å²) in [7, 11) is 0. The highest BCUT2D eigenvalue weighted by atomic mass is 32.1. The molecule has 2 aliphatic rings. The van der Waals surface area contributed by atoms with E-state index in [-0.39, 0.29) is 24.5 Å². The summed E-state index contributed by atoms with van der Waals surface area (Å²) in [5, 5.41) is 2.58. The molecule has 8 heteroatoms. The van der Waals surface area contributed by atoms with Crippen molar-refractivity contribution in [3.63, 3.8) is 0 Å². The maximum atomic E-state index is 12.9. The van der Waals surface area contributed by atoms with Crippen molar-refractivity contribution in [2.75, 3.05) is 39.3 Å². The van der Waals surface area contributed by atoms with Gasteiger partial charge >= 0.3 is 0 Å². The number of benzene rings is 2. The second-order valence-electron chi connectivity index (χ2n) is 9.43. The molecule has 2 amide bonds. The molecule has 5 rings (SSSR count). The normalized spacial score (nSPS) is 17.8. The van der Waals surface area contributed by atoms with Gasteiger partial charge in [0, 0.05) is 51.6 Å². The molecule has 0 aliphatic carbocycles. The molecule has 1 fully saturated rings. The molecule has 3 aromatic rings. The number of carbonyl (C=O) groups is 2. The minimum Gasteiger partial charge on any atom is -0.486 e. The molecule has 0 radical (unpaired) electrons. The van der Waals surface area contributed by atoms with Crippen LogP contribution >= 0.6 is 11.3 Å². The SMILES string of the molecule is C=CCN1CCN(C(=O)c2csc(COc3ccc4c(c3)[C@H](c3ccccc3)N(C(C)=O)CC4)n2)CC1. The van der Waals surface area contributed by atoms with Gasteiger partial charge in [0.1, 0.15) is 23.1 Å². The molecule has 0 N–H and O–H groups in total. The summed E-state index contributed by atoms with van der Waals surface area (Å²) < 4.78 is 6.12. The predicted octanol–water partition coefficient (Wildman–Crippen LogP) is 4.16. The number of carbonyl (C=O) groups excluding carboxylic acids is 2. The Labute approximate surface area is 222 Å². The standard InChI is InChI=1S/C29H32N4O3S/c1-3-12-31-14-16-32(17-15-31)29(35)26-20-37-27(30-26)19-36-24-10-9-22-11-13-33(21(2)34)28(25(22)18-24)23-7-5-4-6-8-23/h3-10,18,20,28H,1,11-17,19H2,2H3/t28-/m0/s1. The van der Waals surface area contributed by atoms with E-state index in [1.807, 2.05) is 51.6 Å². The number of hydrogen-bond acceptors (Lipinski definition) is 6. The van der Waals surface area contributed by atoms with Gasteiger partial charge in [-0.3, -0.25) is 14.5 Å². The van der Waals surface area contributed by atoms with E-state index in [0.29, 0.717) is 25.3 Å². The Morgan fingerprint density at radius 1 is 1.11 bits per heavy atom. The third kappa shape index (κ3) is 5.60. The fourth-order valence-electron chi connectivity index (χ4n) is 5.12. The summed E-state index contributed by atoms with van der Waals surface area (Å²) in [6.07, 6.45) is 2.71. The zero-order valence-corrected chi connectivity index (χ0v) is 22.0. The van der Waals surface area contributed by atoms with Crippen molar-refractivity contribution in [1.29, 1.82) is 0 Å². The number of ether oxygens (including phenoxy) is 1. The van der Waals surface area contributed by atoms with Crippen molar-refractivity contribution in [3.05, 3.63) is 94.0 Å². The molecule has 0 unspecified atom stereocenters. The first-order valence-electron chi connectivity index (χ1n) is 12.7. The quantitative estimate of drug-likeness (QED) is 0.441. The van der Waals surface area contributed by atoms with E-state index in [4.69, 9.17) is 4.74 Å². The van der Waals surface area contributed by atoms with Crippen LogP contribution in [0, 0.1) is 0 Å². The van der Waals surface area contributed by atoms with Crippen LogP contribution in [0.1, 0.15) is 45.2 Å². The number of hydrogen-bond donors (Lipinski definition) is 0. The summed E-state index contributed by atoms with van der Waals surface area (Å²) in [5.74, 6) is 0.768. The molecule has 3 heterocycles. The molecule has 0 spiro atoms. The first kappa shape index (κ1) is 25.2. The van der Waals surface area contributed by atoms with E-state index in [0.717, 1.165) is 47.9 Å². The molecule has 0 bridgehead atoms. The van der Waals surface area contributed by atoms with E-state index in [9.17, 15) is 9.59 Å². The Kier molecular flexibility index (Phi) is 7.67. The van der Waals surface area contributed by atoms with Crippen molar-refractivity contribution >= 4 is 23.2 Å². The summed E-state index contributed by atoms with van der Waals surface area (Å²) in [6.45, 7) is 10.3. The summed E-state index contributed by atoms with van der Waals surface area (Å²) in [4.78, 5) is 36.0. The number of piperazine rings is 1. The molecule has 37 heavy (non-hydrogen) atoms. The Balaban J connectivity index is 1.27. The van der Waals surface area contributed by atoms with Crippen LogP contribution < -0.4 is 4.74 Å².